The van der Waals surface area contributed by atoms with Gasteiger partial charge >= 0.3 is 0 Å². The number of carbonyl (C=O) groups excluding carboxylic acids is 2. The Labute approximate surface area is 196 Å². The van der Waals surface area contributed by atoms with Crippen molar-refractivity contribution < 1.29 is 9.59 Å². The average molecular weight is 437 g/mol. The molecule has 0 fully saturated rings. The second-order valence-electron chi connectivity index (χ2n) is 10.5. The number of hydrogen-bond donors (Lipinski definition) is 0. The molecule has 0 saturated carbocycles. The van der Waals surface area contributed by atoms with Crippen LogP contribution in [0.5, 0.6) is 0 Å². The quantitative estimate of drug-likeness (QED) is 0.273. The summed E-state index contributed by atoms with van der Waals surface area (Å²) in [4.78, 5) is 25.0. The van der Waals surface area contributed by atoms with E-state index in [2.05, 4.69) is 40.7 Å². The van der Waals surface area contributed by atoms with Crippen LogP contribution in [0.15, 0.2) is 47.6 Å². The first-order chi connectivity index (χ1) is 15.3. The predicted molar refractivity (Wildman–Crippen MR) is 136 cm³/mol. The molecule has 0 amide bonds. The highest BCUT2D eigenvalue weighted by Crippen LogP contribution is 2.25. The van der Waals surface area contributed by atoms with E-state index in [1.165, 1.54) is 63.0 Å². The first kappa shape index (κ1) is 26.3. The number of Topliss-reactive ketones (excluding diaryl/α,β-unsaturated/α-hetero) is 1. The van der Waals surface area contributed by atoms with E-state index in [1.54, 1.807) is 12.1 Å². The van der Waals surface area contributed by atoms with Crippen molar-refractivity contribution in [2.24, 2.45) is 17.8 Å². The molecule has 32 heavy (non-hydrogen) atoms. The molecular weight excluding hydrogens is 392 g/mol. The molecule has 1 aliphatic rings. The topological polar surface area (TPSA) is 34.1 Å². The van der Waals surface area contributed by atoms with Crippen LogP contribution < -0.4 is 0 Å². The molecule has 0 radical (unpaired) electrons. The van der Waals surface area contributed by atoms with Gasteiger partial charge in [0.25, 0.3) is 0 Å². The Hall–Kier alpha value is -1.96. The Kier molecular flexibility index (Phi) is 11.1. The van der Waals surface area contributed by atoms with Crippen molar-refractivity contribution in [2.45, 2.75) is 98.8 Å². The van der Waals surface area contributed by atoms with Gasteiger partial charge in [0.15, 0.2) is 11.6 Å². The maximum Gasteiger partial charge on any atom is 0.190 e. The van der Waals surface area contributed by atoms with Crippen LogP contribution >= 0.6 is 0 Å². The van der Waals surface area contributed by atoms with Crippen molar-refractivity contribution in [3.63, 3.8) is 0 Å². The molecule has 2 atom stereocenters. The molecule has 0 spiro atoms. The molecule has 1 aromatic carbocycles. The molecule has 0 aromatic heterocycles. The van der Waals surface area contributed by atoms with Gasteiger partial charge in [-0.05, 0) is 50.0 Å². The van der Waals surface area contributed by atoms with Crippen LogP contribution in [0.4, 0.5) is 0 Å². The normalized spacial score (nSPS) is 16.2. The maximum atomic E-state index is 12.7. The summed E-state index contributed by atoms with van der Waals surface area (Å²) >= 11 is 0. The van der Waals surface area contributed by atoms with Gasteiger partial charge in [-0.1, -0.05) is 109 Å². The second-order valence-corrected chi connectivity index (χ2v) is 10.5. The van der Waals surface area contributed by atoms with Gasteiger partial charge in [-0.15, -0.1) is 0 Å². The lowest BCUT2D eigenvalue weighted by molar-refractivity contribution is 0.0983. The summed E-state index contributed by atoms with van der Waals surface area (Å²) in [7, 11) is 0. The molecule has 1 aliphatic carbocycles. The number of hydrogen-bond acceptors (Lipinski definition) is 2. The van der Waals surface area contributed by atoms with Gasteiger partial charge in [0, 0.05) is 16.7 Å². The molecule has 2 rings (SSSR count). The first-order valence-corrected chi connectivity index (χ1v) is 12.8. The lowest BCUT2D eigenvalue weighted by Crippen LogP contribution is -2.16. The summed E-state index contributed by atoms with van der Waals surface area (Å²) in [6.45, 7) is 11.6. The van der Waals surface area contributed by atoms with Crippen molar-refractivity contribution in [3.05, 3.63) is 58.7 Å². The zero-order valence-electron chi connectivity index (χ0n) is 21.1. The number of carbonyl (C=O) groups is 2. The minimum atomic E-state index is -0.0516. The van der Waals surface area contributed by atoms with Crippen LogP contribution in [0.2, 0.25) is 0 Å². The third-order valence-corrected chi connectivity index (χ3v) is 6.84. The molecule has 1 aromatic rings. The third-order valence-electron chi connectivity index (χ3n) is 6.84. The summed E-state index contributed by atoms with van der Waals surface area (Å²) in [5.74, 6) is 2.42. The van der Waals surface area contributed by atoms with Crippen LogP contribution in [0.25, 0.3) is 0 Å². The number of allylic oxidation sites excluding steroid dienone is 4. The lowest BCUT2D eigenvalue weighted by atomic mass is 9.87. The second kappa shape index (κ2) is 13.6. The molecule has 0 saturated heterocycles. The Bertz CT molecular complexity index is 812. The highest BCUT2D eigenvalue weighted by molar-refractivity contribution is 6.24. The van der Waals surface area contributed by atoms with Crippen LogP contribution in [0.1, 0.15) is 120 Å². The summed E-state index contributed by atoms with van der Waals surface area (Å²) in [5, 5.41) is 0. The first-order valence-electron chi connectivity index (χ1n) is 12.8. The van der Waals surface area contributed by atoms with Gasteiger partial charge in [-0.25, -0.2) is 0 Å². The van der Waals surface area contributed by atoms with Gasteiger partial charge in [-0.3, -0.25) is 9.59 Å². The summed E-state index contributed by atoms with van der Waals surface area (Å²) in [6.07, 6.45) is 15.9. The standard InChI is InChI=1S/C30H44O2/c1-22(2)11-8-12-23(3)13-9-14-24(4)15-10-16-25(5)19-20-26-21-29(31)27-17-6-7-18-28(27)30(26)32/h6-7,17-19,21-24H,8-16,20H2,1-5H3. The van der Waals surface area contributed by atoms with Crippen molar-refractivity contribution in [3.8, 4) is 0 Å². The number of benzene rings is 1. The molecule has 0 aliphatic heterocycles. The molecule has 0 N–H and O–H groups in total. The molecule has 2 heteroatoms. The molecule has 176 valence electrons. The number of rotatable bonds is 14. The smallest absolute Gasteiger partial charge is 0.190 e. The van der Waals surface area contributed by atoms with E-state index in [0.29, 0.717) is 23.1 Å². The summed E-state index contributed by atoms with van der Waals surface area (Å²) in [5.41, 5.74) is 3.00. The predicted octanol–water partition coefficient (Wildman–Crippen LogP) is 8.77. The van der Waals surface area contributed by atoms with Crippen LogP contribution in [-0.4, -0.2) is 11.6 Å². The van der Waals surface area contributed by atoms with Gasteiger partial charge in [-0.2, -0.15) is 0 Å². The fourth-order valence-corrected chi connectivity index (χ4v) is 4.62. The monoisotopic (exact) mass is 436 g/mol. The van der Waals surface area contributed by atoms with Crippen LogP contribution in [0.3, 0.4) is 0 Å². The Balaban J connectivity index is 1.65. The summed E-state index contributed by atoms with van der Waals surface area (Å²) in [6, 6.07) is 7.12. The average Bonchev–Trinajstić information content (AvgIpc) is 2.75. The molecule has 0 bridgehead atoms. The Morgan fingerprint density at radius 1 is 0.812 bits per heavy atom. The van der Waals surface area contributed by atoms with Crippen molar-refractivity contribution in [1.29, 1.82) is 0 Å². The minimum Gasteiger partial charge on any atom is -0.289 e. The fraction of sp³-hybridized carbons (Fsp3) is 0.600. The van der Waals surface area contributed by atoms with Crippen LogP contribution in [0, 0.1) is 17.8 Å². The number of fused-ring (bicyclic) bond motifs is 1. The van der Waals surface area contributed by atoms with E-state index in [-0.39, 0.29) is 11.6 Å². The van der Waals surface area contributed by atoms with Crippen LogP contribution in [-0.2, 0) is 0 Å². The summed E-state index contributed by atoms with van der Waals surface area (Å²) < 4.78 is 0. The molecular formula is C30H44O2. The molecule has 2 unspecified atom stereocenters. The zero-order valence-corrected chi connectivity index (χ0v) is 21.1. The maximum absolute atomic E-state index is 12.7. The van der Waals surface area contributed by atoms with E-state index in [4.69, 9.17) is 0 Å². The molecule has 0 heterocycles. The van der Waals surface area contributed by atoms with Gasteiger partial charge in [0.1, 0.15) is 0 Å². The van der Waals surface area contributed by atoms with Crippen molar-refractivity contribution in [2.75, 3.05) is 0 Å². The fourth-order valence-electron chi connectivity index (χ4n) is 4.62. The van der Waals surface area contributed by atoms with Gasteiger partial charge in [0.05, 0.1) is 0 Å². The third kappa shape index (κ3) is 8.88. The zero-order chi connectivity index (χ0) is 23.5. The van der Waals surface area contributed by atoms with Crippen molar-refractivity contribution >= 4 is 11.6 Å². The van der Waals surface area contributed by atoms with E-state index in [0.717, 1.165) is 24.2 Å². The highest BCUT2D eigenvalue weighted by Gasteiger charge is 2.24. The molecule has 2 nitrogen and oxygen atoms in total. The van der Waals surface area contributed by atoms with Gasteiger partial charge in [0.2, 0.25) is 0 Å². The number of ketones is 2. The minimum absolute atomic E-state index is 0.00342. The Morgan fingerprint density at radius 3 is 2.00 bits per heavy atom. The van der Waals surface area contributed by atoms with E-state index >= 15 is 0 Å². The van der Waals surface area contributed by atoms with E-state index in [1.807, 2.05) is 12.1 Å². The van der Waals surface area contributed by atoms with Crippen molar-refractivity contribution in [1.82, 2.24) is 0 Å². The van der Waals surface area contributed by atoms with Gasteiger partial charge < -0.3 is 0 Å². The largest absolute Gasteiger partial charge is 0.289 e. The lowest BCUT2D eigenvalue weighted by Gasteiger charge is -2.15. The highest BCUT2D eigenvalue weighted by atomic mass is 16.1. The van der Waals surface area contributed by atoms with E-state index in [9.17, 15) is 9.59 Å². The van der Waals surface area contributed by atoms with E-state index < -0.39 is 0 Å². The SMILES string of the molecule is CC(=CCC1=CC(=O)c2ccccc2C1=O)CCCC(C)CCCC(C)CCCC(C)C. The Morgan fingerprint density at radius 2 is 1.38 bits per heavy atom.